The summed E-state index contributed by atoms with van der Waals surface area (Å²) in [6.07, 6.45) is 0.0242. The molecule has 86 valence electrons. The molecule has 17 heavy (non-hydrogen) atoms. The molecule has 0 aliphatic rings. The molecule has 0 aliphatic carbocycles. The van der Waals surface area contributed by atoms with Crippen molar-refractivity contribution >= 4 is 17.4 Å². The second-order valence-corrected chi connectivity index (χ2v) is 4.08. The molecular weight excluding hydrogens is 239 g/mol. The Balaban J connectivity index is 2.24. The molecule has 0 atom stereocenters. The van der Waals surface area contributed by atoms with E-state index in [9.17, 15) is 9.18 Å². The van der Waals surface area contributed by atoms with Gasteiger partial charge in [0, 0.05) is 12.0 Å². The van der Waals surface area contributed by atoms with Crippen molar-refractivity contribution < 1.29 is 9.18 Å². The highest BCUT2D eigenvalue weighted by atomic mass is 35.5. The fraction of sp³-hybridized carbons (Fsp3) is 0.0714. The summed E-state index contributed by atoms with van der Waals surface area (Å²) in [5.74, 6) is -0.548. The van der Waals surface area contributed by atoms with Crippen molar-refractivity contribution in [1.82, 2.24) is 0 Å². The van der Waals surface area contributed by atoms with E-state index in [2.05, 4.69) is 0 Å². The minimum Gasteiger partial charge on any atom is -0.294 e. The minimum atomic E-state index is -0.368. The van der Waals surface area contributed by atoms with E-state index in [-0.39, 0.29) is 18.0 Å². The number of ketones is 1. The van der Waals surface area contributed by atoms with Crippen molar-refractivity contribution in [3.05, 3.63) is 70.5 Å². The molecule has 0 aliphatic heterocycles. The molecule has 0 spiro atoms. The second-order valence-electron chi connectivity index (χ2n) is 3.67. The monoisotopic (exact) mass is 248 g/mol. The van der Waals surface area contributed by atoms with Gasteiger partial charge in [0.25, 0.3) is 0 Å². The van der Waals surface area contributed by atoms with Crippen LogP contribution in [0.25, 0.3) is 0 Å². The van der Waals surface area contributed by atoms with Gasteiger partial charge < -0.3 is 0 Å². The van der Waals surface area contributed by atoms with Crippen molar-refractivity contribution in [2.75, 3.05) is 0 Å². The quantitative estimate of drug-likeness (QED) is 0.753. The molecule has 0 N–H and O–H groups in total. The Hall–Kier alpha value is -1.67. The van der Waals surface area contributed by atoms with E-state index < -0.39 is 0 Å². The van der Waals surface area contributed by atoms with E-state index >= 15 is 0 Å². The maximum absolute atomic E-state index is 13.4. The molecule has 0 heterocycles. The van der Waals surface area contributed by atoms with Gasteiger partial charge in [-0.15, -0.1) is 0 Å². The number of Topliss-reactive ketones (excluding diaryl/α,β-unsaturated/α-hetero) is 1. The molecule has 2 aromatic rings. The first-order valence-corrected chi connectivity index (χ1v) is 5.57. The molecule has 3 heteroatoms. The molecule has 0 saturated carbocycles. The van der Waals surface area contributed by atoms with Crippen LogP contribution >= 0.6 is 11.6 Å². The normalized spacial score (nSPS) is 10.2. The Morgan fingerprint density at radius 1 is 1.06 bits per heavy atom. The van der Waals surface area contributed by atoms with Crippen LogP contribution in [0.1, 0.15) is 15.9 Å². The Kier molecular flexibility index (Phi) is 3.55. The minimum absolute atomic E-state index is 0.0242. The van der Waals surface area contributed by atoms with E-state index in [1.807, 2.05) is 0 Å². The number of carbonyl (C=O) groups is 1. The predicted molar refractivity (Wildman–Crippen MR) is 65.9 cm³/mol. The number of halogens is 2. The van der Waals surface area contributed by atoms with Gasteiger partial charge in [-0.3, -0.25) is 4.79 Å². The van der Waals surface area contributed by atoms with Crippen LogP contribution < -0.4 is 0 Å². The van der Waals surface area contributed by atoms with Gasteiger partial charge >= 0.3 is 0 Å². The predicted octanol–water partition coefficient (Wildman–Crippen LogP) is 3.90. The lowest BCUT2D eigenvalue weighted by Gasteiger charge is -2.04. The van der Waals surface area contributed by atoms with E-state index in [0.29, 0.717) is 16.1 Å². The maximum Gasteiger partial charge on any atom is 0.168 e. The van der Waals surface area contributed by atoms with Crippen molar-refractivity contribution in [2.45, 2.75) is 6.42 Å². The largest absolute Gasteiger partial charge is 0.294 e. The summed E-state index contributed by atoms with van der Waals surface area (Å²) < 4.78 is 13.4. The Bertz CT molecular complexity index is 551. The van der Waals surface area contributed by atoms with Gasteiger partial charge in [-0.05, 0) is 23.8 Å². The van der Waals surface area contributed by atoms with Gasteiger partial charge in [-0.25, -0.2) is 4.39 Å². The van der Waals surface area contributed by atoms with Crippen LogP contribution in [0, 0.1) is 5.82 Å². The average molecular weight is 249 g/mol. The van der Waals surface area contributed by atoms with Gasteiger partial charge in [0.15, 0.2) is 5.78 Å². The zero-order valence-corrected chi connectivity index (χ0v) is 9.75. The lowest BCUT2D eigenvalue weighted by Crippen LogP contribution is -2.05. The topological polar surface area (TPSA) is 17.1 Å². The molecule has 0 aromatic heterocycles. The number of carbonyl (C=O) groups excluding carboxylic acids is 1. The summed E-state index contributed by atoms with van der Waals surface area (Å²) in [6.45, 7) is 0. The molecular formula is C14H10ClFO. The van der Waals surface area contributed by atoms with Crippen LogP contribution in [-0.2, 0) is 6.42 Å². The van der Waals surface area contributed by atoms with E-state index in [4.69, 9.17) is 11.6 Å². The summed E-state index contributed by atoms with van der Waals surface area (Å²) in [5, 5.41) is 0.397. The Morgan fingerprint density at radius 2 is 1.71 bits per heavy atom. The summed E-state index contributed by atoms with van der Waals surface area (Å²) in [5.41, 5.74) is 0.815. The molecule has 0 bridgehead atoms. The Morgan fingerprint density at radius 3 is 2.41 bits per heavy atom. The highest BCUT2D eigenvalue weighted by molar-refractivity contribution is 6.34. The van der Waals surface area contributed by atoms with Crippen LogP contribution in [0.15, 0.2) is 48.5 Å². The van der Waals surface area contributed by atoms with Crippen LogP contribution in [0.3, 0.4) is 0 Å². The molecule has 0 fully saturated rings. The summed E-state index contributed by atoms with van der Waals surface area (Å²) >= 11 is 5.91. The number of benzene rings is 2. The average Bonchev–Trinajstić information content (AvgIpc) is 2.32. The number of hydrogen-bond donors (Lipinski definition) is 0. The Labute approximate surface area is 104 Å². The van der Waals surface area contributed by atoms with Crippen LogP contribution in [0.5, 0.6) is 0 Å². The lowest BCUT2D eigenvalue weighted by atomic mass is 10.0. The number of hydrogen-bond acceptors (Lipinski definition) is 1. The van der Waals surface area contributed by atoms with Crippen LogP contribution in [0.4, 0.5) is 4.39 Å². The number of rotatable bonds is 3. The van der Waals surface area contributed by atoms with Gasteiger partial charge in [0.05, 0.1) is 5.02 Å². The summed E-state index contributed by atoms with van der Waals surface area (Å²) in [7, 11) is 0. The molecule has 0 radical (unpaired) electrons. The van der Waals surface area contributed by atoms with Crippen molar-refractivity contribution in [3.63, 3.8) is 0 Å². The van der Waals surface area contributed by atoms with Crippen molar-refractivity contribution in [3.8, 4) is 0 Å². The highest BCUT2D eigenvalue weighted by Gasteiger charge is 2.12. The highest BCUT2D eigenvalue weighted by Crippen LogP contribution is 2.18. The molecule has 0 amide bonds. The molecule has 0 saturated heterocycles. The third-order valence-electron chi connectivity index (χ3n) is 2.48. The first kappa shape index (κ1) is 11.8. The van der Waals surface area contributed by atoms with Crippen LogP contribution in [-0.4, -0.2) is 5.78 Å². The van der Waals surface area contributed by atoms with Crippen molar-refractivity contribution in [1.29, 1.82) is 0 Å². The zero-order chi connectivity index (χ0) is 12.3. The van der Waals surface area contributed by atoms with Gasteiger partial charge in [-0.2, -0.15) is 0 Å². The third kappa shape index (κ3) is 2.71. The molecule has 1 nitrogen and oxygen atoms in total. The summed E-state index contributed by atoms with van der Waals surface area (Å²) in [4.78, 5) is 11.9. The maximum atomic E-state index is 13.4. The second kappa shape index (κ2) is 5.11. The molecule has 2 aromatic carbocycles. The van der Waals surface area contributed by atoms with Gasteiger partial charge in [0.2, 0.25) is 0 Å². The first-order valence-electron chi connectivity index (χ1n) is 5.19. The van der Waals surface area contributed by atoms with E-state index in [1.165, 1.54) is 6.07 Å². The fourth-order valence-corrected chi connectivity index (χ4v) is 1.84. The van der Waals surface area contributed by atoms with E-state index in [1.54, 1.807) is 42.5 Å². The lowest BCUT2D eigenvalue weighted by molar-refractivity contribution is 0.0992. The fourth-order valence-electron chi connectivity index (χ4n) is 1.60. The molecule has 0 unspecified atom stereocenters. The molecule has 2 rings (SSSR count). The third-order valence-corrected chi connectivity index (χ3v) is 2.81. The zero-order valence-electron chi connectivity index (χ0n) is 8.99. The first-order chi connectivity index (χ1) is 8.18. The van der Waals surface area contributed by atoms with Crippen LogP contribution in [0.2, 0.25) is 5.02 Å². The van der Waals surface area contributed by atoms with Gasteiger partial charge in [-0.1, -0.05) is 41.9 Å². The van der Waals surface area contributed by atoms with E-state index in [0.717, 1.165) is 0 Å². The van der Waals surface area contributed by atoms with Crippen molar-refractivity contribution in [2.24, 2.45) is 0 Å². The smallest absolute Gasteiger partial charge is 0.168 e. The summed E-state index contributed by atoms with van der Waals surface area (Å²) in [6, 6.07) is 13.0. The SMILES string of the molecule is O=C(Cc1ccccc1F)c1ccccc1Cl. The van der Waals surface area contributed by atoms with Gasteiger partial charge in [0.1, 0.15) is 5.82 Å². The standard InChI is InChI=1S/C14H10ClFO/c15-12-7-3-2-6-11(12)14(17)9-10-5-1-4-8-13(10)16/h1-8H,9H2.